The first-order valence-corrected chi connectivity index (χ1v) is 8.09. The summed E-state index contributed by atoms with van der Waals surface area (Å²) < 4.78 is 2.34. The zero-order valence-electron chi connectivity index (χ0n) is 14.2. The fourth-order valence-corrected chi connectivity index (χ4v) is 2.88. The molecule has 6 nitrogen and oxygen atoms in total. The van der Waals surface area contributed by atoms with Gasteiger partial charge in [-0.1, -0.05) is 37.3 Å². The maximum atomic E-state index is 12.5. The van der Waals surface area contributed by atoms with E-state index in [0.717, 1.165) is 22.2 Å². The Morgan fingerprint density at radius 1 is 1.04 bits per heavy atom. The highest BCUT2D eigenvalue weighted by Gasteiger charge is 2.14. The maximum Gasteiger partial charge on any atom is 0.331 e. The topological polar surface area (TPSA) is 73.1 Å². The van der Waals surface area contributed by atoms with E-state index >= 15 is 0 Å². The van der Waals surface area contributed by atoms with Crippen molar-refractivity contribution in [2.24, 2.45) is 7.05 Å². The molecule has 0 atom stereocenters. The molecule has 1 amide bonds. The quantitative estimate of drug-likeness (QED) is 0.790. The van der Waals surface area contributed by atoms with Crippen LogP contribution >= 0.6 is 0 Å². The number of aromatic nitrogens is 2. The lowest BCUT2D eigenvalue weighted by Crippen LogP contribution is -2.40. The molecule has 0 spiro atoms. The molecule has 0 fully saturated rings. The molecule has 1 aromatic heterocycles. The van der Waals surface area contributed by atoms with Crippen LogP contribution in [0, 0.1) is 0 Å². The predicted molar refractivity (Wildman–Crippen MR) is 97.9 cm³/mol. The van der Waals surface area contributed by atoms with Crippen LogP contribution in [0.1, 0.15) is 12.5 Å². The van der Waals surface area contributed by atoms with Crippen LogP contribution in [0.15, 0.2) is 58.1 Å². The lowest BCUT2D eigenvalue weighted by Gasteiger charge is -2.13. The molecular formula is C19H19N3O3. The molecule has 1 heterocycles. The van der Waals surface area contributed by atoms with Gasteiger partial charge in [-0.3, -0.25) is 18.7 Å². The van der Waals surface area contributed by atoms with Crippen LogP contribution in [0.3, 0.4) is 0 Å². The van der Waals surface area contributed by atoms with Crippen molar-refractivity contribution in [1.29, 1.82) is 0 Å². The highest BCUT2D eigenvalue weighted by atomic mass is 16.2. The number of carbonyl (C=O) groups excluding carboxylic acids is 1. The monoisotopic (exact) mass is 337 g/mol. The summed E-state index contributed by atoms with van der Waals surface area (Å²) in [6.07, 6.45) is 0.791. The molecule has 3 rings (SSSR count). The number of hydrogen-bond donors (Lipinski definition) is 1. The molecule has 0 aliphatic heterocycles. The van der Waals surface area contributed by atoms with Gasteiger partial charge in [0.2, 0.25) is 5.91 Å². The van der Waals surface area contributed by atoms with E-state index in [0.29, 0.717) is 10.9 Å². The average Bonchev–Trinajstić information content (AvgIpc) is 2.64. The van der Waals surface area contributed by atoms with E-state index in [-0.39, 0.29) is 18.0 Å². The lowest BCUT2D eigenvalue weighted by molar-refractivity contribution is -0.116. The van der Waals surface area contributed by atoms with Gasteiger partial charge in [0, 0.05) is 12.7 Å². The molecule has 25 heavy (non-hydrogen) atoms. The van der Waals surface area contributed by atoms with Crippen molar-refractivity contribution < 1.29 is 4.79 Å². The van der Waals surface area contributed by atoms with E-state index in [1.54, 1.807) is 24.3 Å². The fraction of sp³-hybridized carbons (Fsp3) is 0.211. The minimum atomic E-state index is -0.511. The molecular weight excluding hydrogens is 318 g/mol. The van der Waals surface area contributed by atoms with E-state index < -0.39 is 5.69 Å². The van der Waals surface area contributed by atoms with Gasteiger partial charge in [0.25, 0.3) is 5.56 Å². The summed E-state index contributed by atoms with van der Waals surface area (Å²) in [5.74, 6) is -0.313. The van der Waals surface area contributed by atoms with Crippen molar-refractivity contribution >= 4 is 22.5 Å². The van der Waals surface area contributed by atoms with Gasteiger partial charge < -0.3 is 5.32 Å². The van der Waals surface area contributed by atoms with Gasteiger partial charge in [-0.15, -0.1) is 0 Å². The number of carbonyl (C=O) groups is 1. The number of anilines is 1. The van der Waals surface area contributed by atoms with Crippen molar-refractivity contribution in [3.8, 4) is 0 Å². The summed E-state index contributed by atoms with van der Waals surface area (Å²) in [7, 11) is 1.41. The zero-order chi connectivity index (χ0) is 18.0. The third-order valence-electron chi connectivity index (χ3n) is 4.22. The summed E-state index contributed by atoms with van der Waals surface area (Å²) >= 11 is 0. The average molecular weight is 337 g/mol. The van der Waals surface area contributed by atoms with Crippen molar-refractivity contribution in [3.63, 3.8) is 0 Å². The normalized spacial score (nSPS) is 10.8. The number of aryl methyl sites for hydroxylation is 1. The molecule has 0 aliphatic carbocycles. The van der Waals surface area contributed by atoms with Crippen molar-refractivity contribution in [2.45, 2.75) is 19.9 Å². The number of para-hydroxylation sites is 2. The van der Waals surface area contributed by atoms with E-state index in [4.69, 9.17) is 0 Å². The second-order valence-electron chi connectivity index (χ2n) is 5.81. The Hall–Kier alpha value is -3.15. The Morgan fingerprint density at radius 2 is 1.72 bits per heavy atom. The standard InChI is InChI=1S/C19H19N3O3/c1-3-13-8-4-6-10-15(13)20-17(23)12-22-16-11-7-5-9-14(16)18(24)21(2)19(22)25/h4-11H,3,12H2,1-2H3,(H,20,23). The number of nitrogens with zero attached hydrogens (tertiary/aromatic N) is 2. The Bertz CT molecular complexity index is 1060. The van der Waals surface area contributed by atoms with E-state index in [1.165, 1.54) is 11.6 Å². The zero-order valence-corrected chi connectivity index (χ0v) is 14.2. The first-order chi connectivity index (χ1) is 12.0. The minimum absolute atomic E-state index is 0.161. The molecule has 3 aromatic rings. The van der Waals surface area contributed by atoms with Crippen LogP contribution in [0.4, 0.5) is 5.69 Å². The Balaban J connectivity index is 2.00. The van der Waals surface area contributed by atoms with Gasteiger partial charge in [-0.25, -0.2) is 4.79 Å². The second-order valence-corrected chi connectivity index (χ2v) is 5.81. The third kappa shape index (κ3) is 3.10. The Kier molecular flexibility index (Phi) is 4.52. The minimum Gasteiger partial charge on any atom is -0.324 e. The van der Waals surface area contributed by atoms with Crippen LogP contribution in [-0.4, -0.2) is 15.0 Å². The van der Waals surface area contributed by atoms with Crippen LogP contribution in [0.25, 0.3) is 10.9 Å². The van der Waals surface area contributed by atoms with E-state index in [2.05, 4.69) is 5.32 Å². The van der Waals surface area contributed by atoms with E-state index in [9.17, 15) is 14.4 Å². The van der Waals surface area contributed by atoms with Gasteiger partial charge in [-0.05, 0) is 30.2 Å². The van der Waals surface area contributed by atoms with Crippen molar-refractivity contribution in [1.82, 2.24) is 9.13 Å². The smallest absolute Gasteiger partial charge is 0.324 e. The molecule has 1 N–H and O–H groups in total. The number of nitrogens with one attached hydrogen (secondary N) is 1. The SMILES string of the molecule is CCc1ccccc1NC(=O)Cn1c(=O)n(C)c(=O)c2ccccc21. The molecule has 0 radical (unpaired) electrons. The summed E-state index contributed by atoms with van der Waals surface area (Å²) in [5.41, 5.74) is 1.33. The number of hydrogen-bond acceptors (Lipinski definition) is 3. The van der Waals surface area contributed by atoms with Crippen LogP contribution in [-0.2, 0) is 24.8 Å². The molecule has 0 saturated heterocycles. The Labute approximate surface area is 144 Å². The highest BCUT2D eigenvalue weighted by Crippen LogP contribution is 2.15. The number of rotatable bonds is 4. The van der Waals surface area contributed by atoms with Gasteiger partial charge >= 0.3 is 5.69 Å². The molecule has 128 valence electrons. The molecule has 0 unspecified atom stereocenters. The molecule has 6 heteroatoms. The molecule has 2 aromatic carbocycles. The van der Waals surface area contributed by atoms with Crippen LogP contribution < -0.4 is 16.6 Å². The summed E-state index contributed by atoms with van der Waals surface area (Å²) in [6, 6.07) is 14.3. The second kappa shape index (κ2) is 6.76. The van der Waals surface area contributed by atoms with Crippen LogP contribution in [0.2, 0.25) is 0 Å². The molecule has 0 bridgehead atoms. The third-order valence-corrected chi connectivity index (χ3v) is 4.22. The number of amides is 1. The first-order valence-electron chi connectivity index (χ1n) is 8.09. The van der Waals surface area contributed by atoms with Gasteiger partial charge in [0.1, 0.15) is 6.54 Å². The summed E-state index contributed by atoms with van der Waals surface area (Å²) in [6.45, 7) is 1.85. The van der Waals surface area contributed by atoms with Crippen molar-refractivity contribution in [3.05, 3.63) is 74.9 Å². The van der Waals surface area contributed by atoms with Crippen LogP contribution in [0.5, 0.6) is 0 Å². The highest BCUT2D eigenvalue weighted by molar-refractivity contribution is 5.92. The summed E-state index contributed by atoms with van der Waals surface area (Å²) in [5, 5.41) is 3.26. The van der Waals surface area contributed by atoms with E-state index in [1.807, 2.05) is 31.2 Å². The van der Waals surface area contributed by atoms with Gasteiger partial charge in [0.15, 0.2) is 0 Å². The van der Waals surface area contributed by atoms with Gasteiger partial charge in [-0.2, -0.15) is 0 Å². The van der Waals surface area contributed by atoms with Gasteiger partial charge in [0.05, 0.1) is 10.9 Å². The lowest BCUT2D eigenvalue weighted by atomic mass is 10.1. The maximum absolute atomic E-state index is 12.5. The first kappa shape index (κ1) is 16.7. The predicted octanol–water partition coefficient (Wildman–Crippen LogP) is 1.90. The Morgan fingerprint density at radius 3 is 2.48 bits per heavy atom. The number of benzene rings is 2. The molecule has 0 aliphatic rings. The fourth-order valence-electron chi connectivity index (χ4n) is 2.88. The molecule has 0 saturated carbocycles. The van der Waals surface area contributed by atoms with Crippen molar-refractivity contribution in [2.75, 3.05) is 5.32 Å². The number of fused-ring (bicyclic) bond motifs is 1. The largest absolute Gasteiger partial charge is 0.331 e. The summed E-state index contributed by atoms with van der Waals surface area (Å²) in [4.78, 5) is 37.2.